The van der Waals surface area contributed by atoms with Gasteiger partial charge in [0, 0.05) is 12.2 Å². The van der Waals surface area contributed by atoms with Gasteiger partial charge < -0.3 is 10.1 Å². The Labute approximate surface area is 202 Å². The Kier molecular flexibility index (Phi) is 7.55. The van der Waals surface area contributed by atoms with Crippen LogP contribution in [0.4, 0.5) is 5.69 Å². The fourth-order valence-corrected chi connectivity index (χ4v) is 4.57. The predicted octanol–water partition coefficient (Wildman–Crippen LogP) is 5.15. The average Bonchev–Trinajstić information content (AvgIpc) is 3.10. The minimum atomic E-state index is -0.232. The lowest BCUT2D eigenvalue weighted by Gasteiger charge is -2.14. The molecule has 1 aliphatic heterocycles. The summed E-state index contributed by atoms with van der Waals surface area (Å²) in [6.45, 7) is 0.470. The minimum absolute atomic E-state index is 0.0705. The molecule has 33 heavy (non-hydrogen) atoms. The van der Waals surface area contributed by atoms with E-state index in [1.807, 2.05) is 78.9 Å². The lowest BCUT2D eigenvalue weighted by Crippen LogP contribution is -2.30. The number of amides is 2. The SMILES string of the molecule is O=C(COc1ccc(/C=C2\SC(=S)N(CCc3ccccc3)C2=O)cc1)Nc1ccccc1. The molecule has 0 bridgehead atoms. The van der Waals surface area contributed by atoms with Crippen molar-refractivity contribution in [3.05, 3.63) is 101 Å². The second kappa shape index (κ2) is 10.9. The molecule has 7 heteroatoms. The number of thioether (sulfide) groups is 1. The van der Waals surface area contributed by atoms with Crippen molar-refractivity contribution in [3.8, 4) is 5.75 Å². The minimum Gasteiger partial charge on any atom is -0.484 e. The molecule has 166 valence electrons. The number of hydrogen-bond acceptors (Lipinski definition) is 5. The zero-order valence-corrected chi connectivity index (χ0v) is 19.4. The van der Waals surface area contributed by atoms with Crippen LogP contribution in [-0.2, 0) is 16.0 Å². The zero-order valence-electron chi connectivity index (χ0n) is 17.8. The topological polar surface area (TPSA) is 58.6 Å². The fraction of sp³-hybridized carbons (Fsp3) is 0.115. The van der Waals surface area contributed by atoms with Gasteiger partial charge in [-0.25, -0.2) is 0 Å². The lowest BCUT2D eigenvalue weighted by molar-refractivity contribution is -0.122. The van der Waals surface area contributed by atoms with Gasteiger partial charge >= 0.3 is 0 Å². The molecule has 0 radical (unpaired) electrons. The van der Waals surface area contributed by atoms with Crippen LogP contribution in [0.2, 0.25) is 0 Å². The molecule has 1 fully saturated rings. The van der Waals surface area contributed by atoms with Crippen molar-refractivity contribution in [2.75, 3.05) is 18.5 Å². The van der Waals surface area contributed by atoms with E-state index in [-0.39, 0.29) is 18.4 Å². The number of carbonyl (C=O) groups is 2. The van der Waals surface area contributed by atoms with E-state index in [1.54, 1.807) is 17.0 Å². The van der Waals surface area contributed by atoms with Crippen molar-refractivity contribution >= 4 is 51.9 Å². The van der Waals surface area contributed by atoms with Crippen LogP contribution in [0, 0.1) is 0 Å². The molecule has 0 unspecified atom stereocenters. The van der Waals surface area contributed by atoms with Crippen LogP contribution in [-0.4, -0.2) is 34.2 Å². The first-order valence-corrected chi connectivity index (χ1v) is 11.7. The number of nitrogens with one attached hydrogen (secondary N) is 1. The molecule has 0 atom stereocenters. The van der Waals surface area contributed by atoms with Gasteiger partial charge in [-0.2, -0.15) is 0 Å². The normalized spacial score (nSPS) is 14.5. The van der Waals surface area contributed by atoms with E-state index in [0.29, 0.717) is 21.5 Å². The maximum atomic E-state index is 12.8. The van der Waals surface area contributed by atoms with Crippen molar-refractivity contribution in [3.63, 3.8) is 0 Å². The largest absolute Gasteiger partial charge is 0.484 e. The van der Waals surface area contributed by atoms with Crippen molar-refractivity contribution in [2.24, 2.45) is 0 Å². The Bertz CT molecular complexity index is 1160. The summed E-state index contributed by atoms with van der Waals surface area (Å²) >= 11 is 6.74. The third-order valence-corrected chi connectivity index (χ3v) is 6.32. The third kappa shape index (κ3) is 6.31. The number of benzene rings is 3. The maximum Gasteiger partial charge on any atom is 0.266 e. The number of hydrogen-bond donors (Lipinski definition) is 1. The number of anilines is 1. The number of carbonyl (C=O) groups excluding carboxylic acids is 2. The van der Waals surface area contributed by atoms with Crippen LogP contribution >= 0.6 is 24.0 Å². The van der Waals surface area contributed by atoms with Crippen molar-refractivity contribution in [1.29, 1.82) is 0 Å². The van der Waals surface area contributed by atoms with Gasteiger partial charge in [0.2, 0.25) is 0 Å². The molecule has 1 N–H and O–H groups in total. The summed E-state index contributed by atoms with van der Waals surface area (Å²) in [7, 11) is 0. The third-order valence-electron chi connectivity index (χ3n) is 4.95. The van der Waals surface area contributed by atoms with Crippen LogP contribution in [0.15, 0.2) is 89.8 Å². The second-order valence-corrected chi connectivity index (χ2v) is 9.02. The molecular weight excluding hydrogens is 452 g/mol. The molecule has 0 saturated carbocycles. The molecule has 0 aliphatic carbocycles. The highest BCUT2D eigenvalue weighted by Gasteiger charge is 2.31. The smallest absolute Gasteiger partial charge is 0.266 e. The highest BCUT2D eigenvalue weighted by Crippen LogP contribution is 2.32. The Morgan fingerprint density at radius 2 is 1.64 bits per heavy atom. The number of para-hydroxylation sites is 1. The van der Waals surface area contributed by atoms with Gasteiger partial charge in [0.15, 0.2) is 6.61 Å². The Hall–Kier alpha value is -3.42. The van der Waals surface area contributed by atoms with Gasteiger partial charge in [0.05, 0.1) is 4.91 Å². The van der Waals surface area contributed by atoms with E-state index >= 15 is 0 Å². The molecule has 3 aromatic carbocycles. The van der Waals surface area contributed by atoms with Gasteiger partial charge in [0.25, 0.3) is 11.8 Å². The Morgan fingerprint density at radius 1 is 0.970 bits per heavy atom. The van der Waals surface area contributed by atoms with Crippen molar-refractivity contribution in [1.82, 2.24) is 4.90 Å². The average molecular weight is 475 g/mol. The number of thiocarbonyl (C=S) groups is 1. The predicted molar refractivity (Wildman–Crippen MR) is 137 cm³/mol. The van der Waals surface area contributed by atoms with Crippen LogP contribution < -0.4 is 10.1 Å². The van der Waals surface area contributed by atoms with Crippen LogP contribution in [0.1, 0.15) is 11.1 Å². The number of ether oxygens (including phenoxy) is 1. The van der Waals surface area contributed by atoms with Gasteiger partial charge in [-0.15, -0.1) is 0 Å². The summed E-state index contributed by atoms with van der Waals surface area (Å²) < 4.78 is 6.14. The Balaban J connectivity index is 1.31. The fourth-order valence-electron chi connectivity index (χ4n) is 3.26. The molecule has 2 amide bonds. The van der Waals surface area contributed by atoms with Gasteiger partial charge in [-0.1, -0.05) is 84.6 Å². The molecule has 3 aromatic rings. The summed E-state index contributed by atoms with van der Waals surface area (Å²) in [6, 6.07) is 26.5. The molecule has 5 nitrogen and oxygen atoms in total. The summed E-state index contributed by atoms with van der Waals surface area (Å²) in [4.78, 5) is 27.1. The van der Waals surface area contributed by atoms with Gasteiger partial charge in [-0.05, 0) is 47.9 Å². The summed E-state index contributed by atoms with van der Waals surface area (Å²) in [5.74, 6) is 0.272. The van der Waals surface area contributed by atoms with E-state index in [9.17, 15) is 9.59 Å². The highest BCUT2D eigenvalue weighted by molar-refractivity contribution is 8.26. The molecular formula is C26H22N2O3S2. The van der Waals surface area contributed by atoms with E-state index in [1.165, 1.54) is 17.3 Å². The van der Waals surface area contributed by atoms with Crippen LogP contribution in [0.5, 0.6) is 5.75 Å². The first-order chi connectivity index (χ1) is 16.1. The summed E-state index contributed by atoms with van der Waals surface area (Å²) in [5, 5.41) is 2.78. The first kappa shape index (κ1) is 22.8. The van der Waals surface area contributed by atoms with Crippen LogP contribution in [0.25, 0.3) is 6.08 Å². The summed E-state index contributed by atoms with van der Waals surface area (Å²) in [5.41, 5.74) is 2.76. The molecule has 0 spiro atoms. The second-order valence-electron chi connectivity index (χ2n) is 7.34. The molecule has 4 rings (SSSR count). The lowest BCUT2D eigenvalue weighted by atomic mass is 10.1. The van der Waals surface area contributed by atoms with E-state index < -0.39 is 0 Å². The van der Waals surface area contributed by atoms with Crippen molar-refractivity contribution < 1.29 is 14.3 Å². The summed E-state index contributed by atoms with van der Waals surface area (Å²) in [6.07, 6.45) is 2.58. The van der Waals surface area contributed by atoms with E-state index in [4.69, 9.17) is 17.0 Å². The maximum absolute atomic E-state index is 12.8. The van der Waals surface area contributed by atoms with Gasteiger partial charge in [0.1, 0.15) is 10.1 Å². The quantitative estimate of drug-likeness (QED) is 0.362. The Morgan fingerprint density at radius 3 is 2.33 bits per heavy atom. The number of nitrogens with zero attached hydrogens (tertiary/aromatic N) is 1. The number of rotatable bonds is 8. The van der Waals surface area contributed by atoms with E-state index in [2.05, 4.69) is 5.32 Å². The first-order valence-electron chi connectivity index (χ1n) is 10.5. The van der Waals surface area contributed by atoms with E-state index in [0.717, 1.165) is 17.7 Å². The highest BCUT2D eigenvalue weighted by atomic mass is 32.2. The standard InChI is InChI=1S/C26H22N2O3S2/c29-24(27-21-9-5-2-6-10-21)18-31-22-13-11-20(12-14-22)17-23-25(30)28(26(32)33-23)16-15-19-7-3-1-4-8-19/h1-14,17H,15-16,18H2,(H,27,29)/b23-17-. The molecule has 1 saturated heterocycles. The van der Waals surface area contributed by atoms with Crippen molar-refractivity contribution in [2.45, 2.75) is 6.42 Å². The molecule has 1 heterocycles. The molecule has 0 aromatic heterocycles. The monoisotopic (exact) mass is 474 g/mol. The molecule has 1 aliphatic rings. The zero-order chi connectivity index (χ0) is 23.0. The van der Waals surface area contributed by atoms with Gasteiger partial charge in [-0.3, -0.25) is 14.5 Å². The van der Waals surface area contributed by atoms with Crippen LogP contribution in [0.3, 0.4) is 0 Å².